The van der Waals surface area contributed by atoms with Crippen molar-refractivity contribution in [3.05, 3.63) is 23.8 Å². The van der Waals surface area contributed by atoms with Gasteiger partial charge in [0.1, 0.15) is 12.4 Å². The van der Waals surface area contributed by atoms with Crippen LogP contribution in [0.15, 0.2) is 18.2 Å². The van der Waals surface area contributed by atoms with Gasteiger partial charge in [0, 0.05) is 11.4 Å². The minimum atomic E-state index is -3.15. The second-order valence-electron chi connectivity index (χ2n) is 3.83. The Kier molecular flexibility index (Phi) is 5.17. The molecule has 0 spiro atoms. The predicted molar refractivity (Wildman–Crippen MR) is 72.0 cm³/mol. The highest BCUT2D eigenvalue weighted by Crippen LogP contribution is 2.20. The Morgan fingerprint density at radius 1 is 1.37 bits per heavy atom. The van der Waals surface area contributed by atoms with E-state index in [2.05, 4.69) is 0 Å². The van der Waals surface area contributed by atoms with Gasteiger partial charge in [0.25, 0.3) is 0 Å². The van der Waals surface area contributed by atoms with E-state index >= 15 is 0 Å². The molecule has 1 aromatic carbocycles. The maximum atomic E-state index is 11.8. The SMILES string of the molecule is CCS(=O)(=O)CCOC(=O)c1cc(OC)ccc1N. The summed E-state index contributed by atoms with van der Waals surface area (Å²) in [7, 11) is -1.69. The summed E-state index contributed by atoms with van der Waals surface area (Å²) in [6.07, 6.45) is 0. The fourth-order valence-electron chi connectivity index (χ4n) is 1.32. The zero-order chi connectivity index (χ0) is 14.5. The molecule has 106 valence electrons. The molecule has 0 aliphatic rings. The van der Waals surface area contributed by atoms with Gasteiger partial charge in [-0.05, 0) is 18.2 Å². The van der Waals surface area contributed by atoms with E-state index in [-0.39, 0.29) is 29.4 Å². The Hall–Kier alpha value is -1.76. The van der Waals surface area contributed by atoms with Crippen LogP contribution in [-0.2, 0) is 14.6 Å². The molecule has 0 heterocycles. The van der Waals surface area contributed by atoms with Crippen molar-refractivity contribution in [3.63, 3.8) is 0 Å². The number of sulfone groups is 1. The van der Waals surface area contributed by atoms with Crippen LogP contribution in [-0.4, -0.2) is 39.6 Å². The largest absolute Gasteiger partial charge is 0.497 e. The van der Waals surface area contributed by atoms with Crippen LogP contribution < -0.4 is 10.5 Å². The number of benzene rings is 1. The third-order valence-corrected chi connectivity index (χ3v) is 4.22. The van der Waals surface area contributed by atoms with Crippen LogP contribution in [0.5, 0.6) is 5.75 Å². The van der Waals surface area contributed by atoms with Crippen LogP contribution in [0.1, 0.15) is 17.3 Å². The number of methoxy groups -OCH3 is 1. The molecular formula is C12H17NO5S. The Balaban J connectivity index is 2.68. The molecule has 1 rings (SSSR count). The normalized spacial score (nSPS) is 11.1. The zero-order valence-corrected chi connectivity index (χ0v) is 11.7. The molecular weight excluding hydrogens is 270 g/mol. The first kappa shape index (κ1) is 15.3. The molecule has 7 heteroatoms. The minimum Gasteiger partial charge on any atom is -0.497 e. The molecule has 0 aliphatic heterocycles. The molecule has 0 amide bonds. The van der Waals surface area contributed by atoms with Gasteiger partial charge in [-0.2, -0.15) is 0 Å². The van der Waals surface area contributed by atoms with Crippen LogP contribution >= 0.6 is 0 Å². The second kappa shape index (κ2) is 6.42. The highest BCUT2D eigenvalue weighted by atomic mass is 32.2. The van der Waals surface area contributed by atoms with Crippen molar-refractivity contribution in [1.82, 2.24) is 0 Å². The van der Waals surface area contributed by atoms with Gasteiger partial charge in [-0.1, -0.05) is 6.92 Å². The van der Waals surface area contributed by atoms with E-state index in [1.54, 1.807) is 6.07 Å². The summed E-state index contributed by atoms with van der Waals surface area (Å²) in [4.78, 5) is 11.8. The molecule has 6 nitrogen and oxygen atoms in total. The number of carbonyl (C=O) groups is 1. The first-order chi connectivity index (χ1) is 8.89. The van der Waals surface area contributed by atoms with Crippen LogP contribution in [0.25, 0.3) is 0 Å². The zero-order valence-electron chi connectivity index (χ0n) is 10.9. The Bertz CT molecular complexity index is 553. The van der Waals surface area contributed by atoms with Gasteiger partial charge in [0.05, 0.1) is 18.4 Å². The van der Waals surface area contributed by atoms with Crippen LogP contribution in [0, 0.1) is 0 Å². The molecule has 2 N–H and O–H groups in total. The van der Waals surface area contributed by atoms with Gasteiger partial charge in [-0.3, -0.25) is 0 Å². The number of carbonyl (C=O) groups excluding carboxylic acids is 1. The predicted octanol–water partition coefficient (Wildman–Crippen LogP) is 0.869. The van der Waals surface area contributed by atoms with Crippen LogP contribution in [0.2, 0.25) is 0 Å². The first-order valence-electron chi connectivity index (χ1n) is 5.70. The second-order valence-corrected chi connectivity index (χ2v) is 6.30. The average molecular weight is 287 g/mol. The lowest BCUT2D eigenvalue weighted by Crippen LogP contribution is -2.17. The van der Waals surface area contributed by atoms with Crippen molar-refractivity contribution in [2.75, 3.05) is 31.0 Å². The fraction of sp³-hybridized carbons (Fsp3) is 0.417. The van der Waals surface area contributed by atoms with E-state index in [0.29, 0.717) is 5.75 Å². The van der Waals surface area contributed by atoms with Gasteiger partial charge in [-0.25, -0.2) is 13.2 Å². The van der Waals surface area contributed by atoms with Crippen LogP contribution in [0.3, 0.4) is 0 Å². The Labute approximate surface area is 112 Å². The number of nitrogen functional groups attached to an aromatic ring is 1. The topological polar surface area (TPSA) is 95.7 Å². The Morgan fingerprint density at radius 3 is 2.63 bits per heavy atom. The third-order valence-electron chi connectivity index (χ3n) is 2.55. The van der Waals surface area contributed by atoms with E-state index in [1.807, 2.05) is 0 Å². The molecule has 0 aliphatic carbocycles. The average Bonchev–Trinajstić information content (AvgIpc) is 2.39. The highest BCUT2D eigenvalue weighted by molar-refractivity contribution is 7.91. The first-order valence-corrected chi connectivity index (χ1v) is 7.53. The lowest BCUT2D eigenvalue weighted by Gasteiger charge is -2.08. The number of nitrogens with two attached hydrogens (primary N) is 1. The van der Waals surface area contributed by atoms with Crippen molar-refractivity contribution < 1.29 is 22.7 Å². The maximum absolute atomic E-state index is 11.8. The molecule has 0 bridgehead atoms. The quantitative estimate of drug-likeness (QED) is 0.616. The summed E-state index contributed by atoms with van der Waals surface area (Å²) in [5, 5.41) is 0. The molecule has 0 aromatic heterocycles. The Morgan fingerprint density at radius 2 is 2.05 bits per heavy atom. The number of hydrogen-bond donors (Lipinski definition) is 1. The molecule has 0 fully saturated rings. The molecule has 19 heavy (non-hydrogen) atoms. The van der Waals surface area contributed by atoms with Gasteiger partial charge in [-0.15, -0.1) is 0 Å². The summed E-state index contributed by atoms with van der Waals surface area (Å²) >= 11 is 0. The molecule has 0 saturated carbocycles. The molecule has 0 unspecified atom stereocenters. The minimum absolute atomic E-state index is 0.0197. The van der Waals surface area contributed by atoms with Crippen molar-refractivity contribution in [2.45, 2.75) is 6.92 Å². The van der Waals surface area contributed by atoms with Gasteiger partial charge < -0.3 is 15.2 Å². The summed E-state index contributed by atoms with van der Waals surface area (Å²) in [5.74, 6) is -0.365. The summed E-state index contributed by atoms with van der Waals surface area (Å²) in [5.41, 5.74) is 6.07. The molecule has 0 atom stereocenters. The lowest BCUT2D eigenvalue weighted by molar-refractivity contribution is 0.0530. The van der Waals surface area contributed by atoms with Gasteiger partial charge >= 0.3 is 5.97 Å². The van der Waals surface area contributed by atoms with E-state index in [0.717, 1.165) is 0 Å². The van der Waals surface area contributed by atoms with E-state index in [9.17, 15) is 13.2 Å². The number of rotatable bonds is 6. The van der Waals surface area contributed by atoms with E-state index in [1.165, 1.54) is 26.2 Å². The number of hydrogen-bond acceptors (Lipinski definition) is 6. The summed E-state index contributed by atoms with van der Waals surface area (Å²) < 4.78 is 32.4. The van der Waals surface area contributed by atoms with Crippen molar-refractivity contribution in [2.24, 2.45) is 0 Å². The highest BCUT2D eigenvalue weighted by Gasteiger charge is 2.14. The molecule has 0 saturated heterocycles. The number of ether oxygens (including phenoxy) is 2. The fourth-order valence-corrected chi connectivity index (χ4v) is 1.95. The van der Waals surface area contributed by atoms with Gasteiger partial charge in [0.15, 0.2) is 9.84 Å². The van der Waals surface area contributed by atoms with Crippen molar-refractivity contribution >= 4 is 21.5 Å². The van der Waals surface area contributed by atoms with Crippen molar-refractivity contribution in [3.8, 4) is 5.75 Å². The third kappa shape index (κ3) is 4.44. The molecule has 1 aromatic rings. The number of anilines is 1. The van der Waals surface area contributed by atoms with Crippen molar-refractivity contribution in [1.29, 1.82) is 0 Å². The van der Waals surface area contributed by atoms with Gasteiger partial charge in [0.2, 0.25) is 0 Å². The summed E-state index contributed by atoms with van der Waals surface area (Å²) in [6, 6.07) is 4.60. The van der Waals surface area contributed by atoms with Crippen LogP contribution in [0.4, 0.5) is 5.69 Å². The smallest absolute Gasteiger partial charge is 0.340 e. The number of esters is 1. The summed E-state index contributed by atoms with van der Waals surface area (Å²) in [6.45, 7) is 1.35. The lowest BCUT2D eigenvalue weighted by atomic mass is 10.2. The van der Waals surface area contributed by atoms with E-state index < -0.39 is 15.8 Å². The van der Waals surface area contributed by atoms with E-state index in [4.69, 9.17) is 15.2 Å². The molecule has 0 radical (unpaired) electrons. The monoisotopic (exact) mass is 287 g/mol. The standard InChI is InChI=1S/C12H17NO5S/c1-3-19(15,16)7-6-18-12(14)10-8-9(17-2)4-5-11(10)13/h4-5,8H,3,6-7,13H2,1-2H3. The maximum Gasteiger partial charge on any atom is 0.340 e.